The molecule has 0 fully saturated rings. The van der Waals surface area contributed by atoms with Crippen LogP contribution < -0.4 is 15.4 Å². The fraction of sp³-hybridized carbons (Fsp3) is 0.292. The van der Waals surface area contributed by atoms with Gasteiger partial charge in [-0.25, -0.2) is 0 Å². The lowest BCUT2D eigenvalue weighted by Gasteiger charge is -2.11. The van der Waals surface area contributed by atoms with Gasteiger partial charge in [-0.3, -0.25) is 14.3 Å². The van der Waals surface area contributed by atoms with Crippen LogP contribution in [0.3, 0.4) is 0 Å². The summed E-state index contributed by atoms with van der Waals surface area (Å²) in [6.07, 6.45) is 2.30. The molecule has 0 atom stereocenters. The normalized spacial score (nSPS) is 10.6. The molecule has 0 aliphatic heterocycles. The van der Waals surface area contributed by atoms with Gasteiger partial charge in [0, 0.05) is 19.2 Å². The van der Waals surface area contributed by atoms with Gasteiger partial charge in [0.2, 0.25) is 0 Å². The average molecular weight is 421 g/mol. The second-order valence-corrected chi connectivity index (χ2v) is 7.50. The zero-order chi connectivity index (χ0) is 22.4. The maximum Gasteiger partial charge on any atom is 0.271 e. The molecule has 1 heterocycles. The molecule has 0 radical (unpaired) electrons. The molecule has 2 amide bonds. The number of aromatic nitrogens is 2. The van der Waals surface area contributed by atoms with E-state index in [9.17, 15) is 9.59 Å². The number of carbonyl (C=O) groups excluding carboxylic acids is 2. The van der Waals surface area contributed by atoms with Crippen molar-refractivity contribution in [2.24, 2.45) is 7.05 Å². The number of aryl methyl sites for hydroxylation is 3. The first-order valence-electron chi connectivity index (χ1n) is 10.3. The number of anilines is 1. The number of nitrogens with zero attached hydrogens (tertiary/aromatic N) is 2. The molecule has 0 aliphatic carbocycles. The van der Waals surface area contributed by atoms with Crippen LogP contribution in [0.1, 0.15) is 50.9 Å². The minimum Gasteiger partial charge on any atom is -0.489 e. The van der Waals surface area contributed by atoms with Crippen LogP contribution in [0.2, 0.25) is 0 Å². The van der Waals surface area contributed by atoms with Crippen LogP contribution in [0, 0.1) is 13.8 Å². The Bertz CT molecular complexity index is 1090. The topological polar surface area (TPSA) is 85.2 Å². The van der Waals surface area contributed by atoms with E-state index in [-0.39, 0.29) is 11.8 Å². The molecular formula is C24H28N4O3. The number of benzene rings is 2. The summed E-state index contributed by atoms with van der Waals surface area (Å²) in [7, 11) is 1.67. The van der Waals surface area contributed by atoms with Crippen LogP contribution in [-0.2, 0) is 13.7 Å². The second kappa shape index (κ2) is 9.93. The Balaban J connectivity index is 1.71. The van der Waals surface area contributed by atoms with Crippen LogP contribution in [0.5, 0.6) is 5.75 Å². The smallest absolute Gasteiger partial charge is 0.271 e. The zero-order valence-corrected chi connectivity index (χ0v) is 18.4. The van der Waals surface area contributed by atoms with Crippen LogP contribution in [0.4, 0.5) is 5.69 Å². The summed E-state index contributed by atoms with van der Waals surface area (Å²) in [5, 5.41) is 9.72. The zero-order valence-electron chi connectivity index (χ0n) is 18.4. The Morgan fingerprint density at radius 1 is 1.10 bits per heavy atom. The minimum atomic E-state index is -0.314. The van der Waals surface area contributed by atoms with Gasteiger partial charge in [0.1, 0.15) is 18.1 Å². The molecular weight excluding hydrogens is 392 g/mol. The van der Waals surface area contributed by atoms with Crippen LogP contribution in [0.25, 0.3) is 0 Å². The van der Waals surface area contributed by atoms with Crippen LogP contribution >= 0.6 is 0 Å². The van der Waals surface area contributed by atoms with E-state index < -0.39 is 0 Å². The number of hydrogen-bond donors (Lipinski definition) is 2. The molecule has 7 heteroatoms. The summed E-state index contributed by atoms with van der Waals surface area (Å²) in [6.45, 7) is 6.90. The summed E-state index contributed by atoms with van der Waals surface area (Å²) in [4.78, 5) is 25.2. The maximum absolute atomic E-state index is 12.8. The predicted octanol–water partition coefficient (Wildman–Crippen LogP) is 4.01. The van der Waals surface area contributed by atoms with Gasteiger partial charge in [-0.05, 0) is 55.2 Å². The van der Waals surface area contributed by atoms with Crippen molar-refractivity contribution in [3.8, 4) is 5.75 Å². The van der Waals surface area contributed by atoms with E-state index >= 15 is 0 Å². The summed E-state index contributed by atoms with van der Waals surface area (Å²) < 4.78 is 7.40. The van der Waals surface area contributed by atoms with Crippen molar-refractivity contribution in [3.63, 3.8) is 0 Å². The Hall–Kier alpha value is -3.61. The third kappa shape index (κ3) is 5.51. The molecule has 0 saturated heterocycles. The number of carbonyl (C=O) groups is 2. The predicted molar refractivity (Wildman–Crippen MR) is 120 cm³/mol. The highest BCUT2D eigenvalue weighted by molar-refractivity contribution is 6.08. The standard InChI is InChI=1S/C24H28N4O3/c1-5-11-25-24(30)22-20(14-26-28(22)4)27-23(29)19-8-6-7-18(13-19)15-31-21-12-16(2)9-10-17(21)3/h6-10,12-14H,5,11,15H2,1-4H3,(H,25,30)(H,27,29). The van der Waals surface area contributed by atoms with E-state index in [1.807, 2.05) is 51.1 Å². The quantitative estimate of drug-likeness (QED) is 0.577. The maximum atomic E-state index is 12.8. The van der Waals surface area contributed by atoms with Crippen molar-refractivity contribution >= 4 is 17.5 Å². The fourth-order valence-corrected chi connectivity index (χ4v) is 3.14. The molecule has 3 aromatic rings. The van der Waals surface area contributed by atoms with E-state index in [1.165, 1.54) is 10.9 Å². The van der Waals surface area contributed by atoms with Gasteiger partial charge in [0.15, 0.2) is 0 Å². The van der Waals surface area contributed by atoms with E-state index in [2.05, 4.69) is 15.7 Å². The molecule has 2 N–H and O–H groups in total. The Morgan fingerprint density at radius 3 is 2.68 bits per heavy atom. The van der Waals surface area contributed by atoms with E-state index in [0.717, 1.165) is 28.9 Å². The summed E-state index contributed by atoms with van der Waals surface area (Å²) >= 11 is 0. The van der Waals surface area contributed by atoms with Crippen LogP contribution in [0.15, 0.2) is 48.7 Å². The largest absolute Gasteiger partial charge is 0.489 e. The van der Waals surface area contributed by atoms with Gasteiger partial charge in [0.25, 0.3) is 11.8 Å². The average Bonchev–Trinajstić information content (AvgIpc) is 3.12. The second-order valence-electron chi connectivity index (χ2n) is 7.50. The number of amides is 2. The van der Waals surface area contributed by atoms with Crippen LogP contribution in [-0.4, -0.2) is 28.1 Å². The van der Waals surface area contributed by atoms with Crippen molar-refractivity contribution < 1.29 is 14.3 Å². The third-order valence-electron chi connectivity index (χ3n) is 4.86. The summed E-state index contributed by atoms with van der Waals surface area (Å²) in [5.74, 6) is 0.243. The fourth-order valence-electron chi connectivity index (χ4n) is 3.14. The highest BCUT2D eigenvalue weighted by Gasteiger charge is 2.19. The molecule has 0 aliphatic rings. The Labute approximate surface area is 182 Å². The lowest BCUT2D eigenvalue weighted by atomic mass is 10.1. The number of hydrogen-bond acceptors (Lipinski definition) is 4. The highest BCUT2D eigenvalue weighted by Crippen LogP contribution is 2.21. The molecule has 0 unspecified atom stereocenters. The molecule has 1 aromatic heterocycles. The summed E-state index contributed by atoms with van der Waals surface area (Å²) in [5.41, 5.74) is 4.23. The number of ether oxygens (including phenoxy) is 1. The molecule has 162 valence electrons. The lowest BCUT2D eigenvalue weighted by molar-refractivity contribution is 0.0945. The SMILES string of the molecule is CCCNC(=O)c1c(NC(=O)c2cccc(COc3cc(C)ccc3C)c2)cnn1C. The number of rotatable bonds is 8. The lowest BCUT2D eigenvalue weighted by Crippen LogP contribution is -2.27. The van der Waals surface area contributed by atoms with Crippen molar-refractivity contribution in [2.45, 2.75) is 33.8 Å². The third-order valence-corrected chi connectivity index (χ3v) is 4.86. The molecule has 0 saturated carbocycles. The molecule has 0 spiro atoms. The Morgan fingerprint density at radius 2 is 1.90 bits per heavy atom. The van der Waals surface area contributed by atoms with Gasteiger partial charge in [-0.2, -0.15) is 5.10 Å². The first-order valence-corrected chi connectivity index (χ1v) is 10.3. The van der Waals surface area contributed by atoms with Gasteiger partial charge in [0.05, 0.1) is 11.9 Å². The van der Waals surface area contributed by atoms with Gasteiger partial charge >= 0.3 is 0 Å². The van der Waals surface area contributed by atoms with E-state index in [1.54, 1.807) is 19.2 Å². The van der Waals surface area contributed by atoms with Gasteiger partial charge < -0.3 is 15.4 Å². The highest BCUT2D eigenvalue weighted by atomic mass is 16.5. The van der Waals surface area contributed by atoms with E-state index in [0.29, 0.717) is 30.1 Å². The van der Waals surface area contributed by atoms with Gasteiger partial charge in [-0.15, -0.1) is 0 Å². The minimum absolute atomic E-state index is 0.271. The molecule has 31 heavy (non-hydrogen) atoms. The number of nitrogens with one attached hydrogen (secondary N) is 2. The van der Waals surface area contributed by atoms with Gasteiger partial charge in [-0.1, -0.05) is 31.2 Å². The first kappa shape index (κ1) is 22.1. The summed E-state index contributed by atoms with van der Waals surface area (Å²) in [6, 6.07) is 13.3. The molecule has 3 rings (SSSR count). The monoisotopic (exact) mass is 420 g/mol. The van der Waals surface area contributed by atoms with Crippen molar-refractivity contribution in [2.75, 3.05) is 11.9 Å². The first-order chi connectivity index (χ1) is 14.9. The Kier molecular flexibility index (Phi) is 7.07. The van der Waals surface area contributed by atoms with Crippen molar-refractivity contribution in [1.29, 1.82) is 0 Å². The van der Waals surface area contributed by atoms with Crippen molar-refractivity contribution in [3.05, 3.63) is 76.6 Å². The van der Waals surface area contributed by atoms with E-state index in [4.69, 9.17) is 4.74 Å². The molecule has 2 aromatic carbocycles. The molecule has 7 nitrogen and oxygen atoms in total. The van der Waals surface area contributed by atoms with Crippen molar-refractivity contribution in [1.82, 2.24) is 15.1 Å². The molecule has 0 bridgehead atoms.